The number of hydrogen-bond acceptors (Lipinski definition) is 7. The largest absolute Gasteiger partial charge is 0.396 e. The van der Waals surface area contributed by atoms with Gasteiger partial charge in [-0.3, -0.25) is 0 Å². The molecule has 3 aromatic rings. The van der Waals surface area contributed by atoms with E-state index in [-0.39, 0.29) is 6.61 Å². The topological polar surface area (TPSA) is 115 Å². The quantitative estimate of drug-likeness (QED) is 0.383. The number of ether oxygens (including phenoxy) is 1. The first-order chi connectivity index (χ1) is 15.3. The zero-order chi connectivity index (χ0) is 23.0. The van der Waals surface area contributed by atoms with Gasteiger partial charge in [0.2, 0.25) is 0 Å². The van der Waals surface area contributed by atoms with Crippen molar-refractivity contribution >= 4 is 22.7 Å². The van der Waals surface area contributed by atoms with E-state index in [1.54, 1.807) is 16.3 Å². The molecule has 32 heavy (non-hydrogen) atoms. The number of rotatable bonds is 6. The van der Waals surface area contributed by atoms with Gasteiger partial charge in [-0.25, -0.2) is 0 Å². The second kappa shape index (κ2) is 9.52. The first-order valence-corrected chi connectivity index (χ1v) is 11.5. The standard InChI is InChI=1S/C24H29NO6S/c1-13-9-14(2)20-17(10-13)25(24-23(30)22(29)21(28)18(12-27)31-24)11-19(20)32-16-5-3-15(4-6-16)7-8-26/h3-6,9-11,18,21-24,26-30H,7-8,12H2,1-2H3/t18-,21-,22+,23-,24-/m1/s1. The molecule has 1 aliphatic rings. The molecule has 2 heterocycles. The second-order valence-corrected chi connectivity index (χ2v) is 9.43. The van der Waals surface area contributed by atoms with Crippen molar-refractivity contribution in [2.75, 3.05) is 13.2 Å². The molecule has 7 nitrogen and oxygen atoms in total. The van der Waals surface area contributed by atoms with Gasteiger partial charge in [-0.15, -0.1) is 0 Å². The molecule has 1 fully saturated rings. The summed E-state index contributed by atoms with van der Waals surface area (Å²) < 4.78 is 7.61. The van der Waals surface area contributed by atoms with E-state index in [9.17, 15) is 20.4 Å². The van der Waals surface area contributed by atoms with Gasteiger partial charge in [0.15, 0.2) is 6.23 Å². The Kier molecular flexibility index (Phi) is 6.92. The molecular weight excluding hydrogens is 430 g/mol. The molecule has 2 aromatic carbocycles. The number of hydrogen-bond donors (Lipinski definition) is 5. The van der Waals surface area contributed by atoms with Crippen molar-refractivity contribution in [2.24, 2.45) is 0 Å². The van der Waals surface area contributed by atoms with E-state index in [0.717, 1.165) is 37.4 Å². The van der Waals surface area contributed by atoms with Crippen LogP contribution in [-0.4, -0.2) is 67.7 Å². The summed E-state index contributed by atoms with van der Waals surface area (Å²) in [5, 5.41) is 50.9. The highest BCUT2D eigenvalue weighted by Crippen LogP contribution is 2.40. The maximum atomic E-state index is 10.7. The van der Waals surface area contributed by atoms with Gasteiger partial charge >= 0.3 is 0 Å². The fourth-order valence-corrected chi connectivity index (χ4v) is 5.37. The van der Waals surface area contributed by atoms with E-state index in [2.05, 4.69) is 6.07 Å². The van der Waals surface area contributed by atoms with E-state index in [4.69, 9.17) is 9.84 Å². The fraction of sp³-hybridized carbons (Fsp3) is 0.417. The first kappa shape index (κ1) is 23.3. The molecule has 0 unspecified atom stereocenters. The smallest absolute Gasteiger partial charge is 0.163 e. The highest BCUT2D eigenvalue weighted by atomic mass is 32.2. The lowest BCUT2D eigenvalue weighted by Gasteiger charge is -2.40. The average Bonchev–Trinajstić information content (AvgIpc) is 3.12. The van der Waals surface area contributed by atoms with Crippen molar-refractivity contribution in [3.63, 3.8) is 0 Å². The molecule has 172 valence electrons. The Morgan fingerprint density at radius 3 is 2.34 bits per heavy atom. The lowest BCUT2D eigenvalue weighted by atomic mass is 9.98. The number of aryl methyl sites for hydroxylation is 2. The number of aliphatic hydroxyl groups is 5. The SMILES string of the molecule is Cc1cc(C)c2c(Sc3ccc(CCO)cc3)cn([C@@H]3O[C@H](CO)[C@@H](O)[C@H](O)[C@H]3O)c2c1. The normalized spacial score (nSPS) is 26.0. The van der Waals surface area contributed by atoms with Crippen molar-refractivity contribution in [3.8, 4) is 0 Å². The maximum absolute atomic E-state index is 10.7. The molecule has 0 radical (unpaired) electrons. The van der Waals surface area contributed by atoms with Crippen molar-refractivity contribution in [3.05, 3.63) is 59.3 Å². The average molecular weight is 460 g/mol. The Morgan fingerprint density at radius 1 is 0.969 bits per heavy atom. The molecule has 0 spiro atoms. The summed E-state index contributed by atoms with van der Waals surface area (Å²) in [4.78, 5) is 1.99. The van der Waals surface area contributed by atoms with Gasteiger partial charge in [0.25, 0.3) is 0 Å². The number of nitrogens with zero attached hydrogens (tertiary/aromatic N) is 1. The number of aliphatic hydroxyl groups excluding tert-OH is 5. The van der Waals surface area contributed by atoms with Crippen LogP contribution in [0.4, 0.5) is 0 Å². The minimum Gasteiger partial charge on any atom is -0.396 e. The van der Waals surface area contributed by atoms with Gasteiger partial charge in [0.05, 0.1) is 12.1 Å². The molecule has 8 heteroatoms. The van der Waals surface area contributed by atoms with Crippen LogP contribution in [0.15, 0.2) is 52.4 Å². The predicted octanol–water partition coefficient (Wildman–Crippen LogP) is 1.92. The Morgan fingerprint density at radius 2 is 1.69 bits per heavy atom. The van der Waals surface area contributed by atoms with E-state index < -0.39 is 37.3 Å². The zero-order valence-electron chi connectivity index (χ0n) is 18.0. The Balaban J connectivity index is 1.77. The third-order valence-corrected chi connectivity index (χ3v) is 6.97. The lowest BCUT2D eigenvalue weighted by Crippen LogP contribution is -2.56. The van der Waals surface area contributed by atoms with Crippen LogP contribution in [0.25, 0.3) is 10.9 Å². The zero-order valence-corrected chi connectivity index (χ0v) is 18.9. The minimum absolute atomic E-state index is 0.109. The molecule has 0 aliphatic carbocycles. The molecule has 0 amide bonds. The van der Waals surface area contributed by atoms with Gasteiger partial charge in [-0.05, 0) is 55.2 Å². The van der Waals surface area contributed by atoms with Crippen LogP contribution in [-0.2, 0) is 11.2 Å². The van der Waals surface area contributed by atoms with Crippen LogP contribution in [0.5, 0.6) is 0 Å². The molecule has 5 atom stereocenters. The lowest BCUT2D eigenvalue weighted by molar-refractivity contribution is -0.250. The highest BCUT2D eigenvalue weighted by molar-refractivity contribution is 7.99. The van der Waals surface area contributed by atoms with Crippen molar-refractivity contribution in [2.45, 2.75) is 60.7 Å². The summed E-state index contributed by atoms with van der Waals surface area (Å²) in [7, 11) is 0. The summed E-state index contributed by atoms with van der Waals surface area (Å²) in [6, 6.07) is 12.1. The molecule has 0 saturated carbocycles. The summed E-state index contributed by atoms with van der Waals surface area (Å²) in [5.74, 6) is 0. The fourth-order valence-electron chi connectivity index (χ4n) is 4.31. The summed E-state index contributed by atoms with van der Waals surface area (Å²) in [5.41, 5.74) is 4.02. The Hall–Kier alpha value is -1.91. The van der Waals surface area contributed by atoms with Crippen molar-refractivity contribution in [1.29, 1.82) is 0 Å². The molecule has 1 aromatic heterocycles. The molecule has 5 N–H and O–H groups in total. The third-order valence-electron chi connectivity index (χ3n) is 5.93. The number of fused-ring (bicyclic) bond motifs is 1. The van der Waals surface area contributed by atoms with Gasteiger partial charge in [0.1, 0.15) is 24.4 Å². The predicted molar refractivity (Wildman–Crippen MR) is 122 cm³/mol. The van der Waals surface area contributed by atoms with Crippen molar-refractivity contribution < 1.29 is 30.3 Å². The summed E-state index contributed by atoms with van der Waals surface area (Å²) in [6.45, 7) is 3.66. The monoisotopic (exact) mass is 459 g/mol. The van der Waals surface area contributed by atoms with Crippen LogP contribution in [0.2, 0.25) is 0 Å². The molecule has 4 rings (SSSR count). The summed E-state index contributed by atoms with van der Waals surface area (Å²) in [6.07, 6.45) is -3.64. The molecule has 1 saturated heterocycles. The van der Waals surface area contributed by atoms with E-state index >= 15 is 0 Å². The van der Waals surface area contributed by atoms with Crippen LogP contribution in [0, 0.1) is 13.8 Å². The number of benzene rings is 2. The van der Waals surface area contributed by atoms with Crippen LogP contribution >= 0.6 is 11.8 Å². The molecule has 1 aliphatic heterocycles. The van der Waals surface area contributed by atoms with E-state index in [1.807, 2.05) is 50.4 Å². The van der Waals surface area contributed by atoms with Gasteiger partial charge in [0, 0.05) is 28.0 Å². The van der Waals surface area contributed by atoms with E-state index in [1.165, 1.54) is 0 Å². The van der Waals surface area contributed by atoms with Gasteiger partial charge < -0.3 is 34.8 Å². The maximum Gasteiger partial charge on any atom is 0.163 e. The summed E-state index contributed by atoms with van der Waals surface area (Å²) >= 11 is 1.58. The Labute approximate surface area is 190 Å². The molecular formula is C24H29NO6S. The van der Waals surface area contributed by atoms with Gasteiger partial charge in [-0.2, -0.15) is 0 Å². The third kappa shape index (κ3) is 4.32. The van der Waals surface area contributed by atoms with Crippen molar-refractivity contribution in [1.82, 2.24) is 4.57 Å². The second-order valence-electron chi connectivity index (χ2n) is 8.32. The van der Waals surface area contributed by atoms with E-state index in [0.29, 0.717) is 6.42 Å². The van der Waals surface area contributed by atoms with Crippen LogP contribution < -0.4 is 0 Å². The van der Waals surface area contributed by atoms with Crippen LogP contribution in [0.3, 0.4) is 0 Å². The van der Waals surface area contributed by atoms with Crippen LogP contribution in [0.1, 0.15) is 22.9 Å². The first-order valence-electron chi connectivity index (χ1n) is 10.6. The Bertz CT molecular complexity index is 1080. The molecule has 0 bridgehead atoms. The number of aromatic nitrogens is 1. The highest BCUT2D eigenvalue weighted by Gasteiger charge is 2.44. The van der Waals surface area contributed by atoms with Gasteiger partial charge in [-0.1, -0.05) is 30.0 Å². The minimum atomic E-state index is -1.44.